The molecule has 5 nitrogen and oxygen atoms in total. The zero-order valence-electron chi connectivity index (χ0n) is 11.4. The van der Waals surface area contributed by atoms with Crippen molar-refractivity contribution in [2.75, 3.05) is 0 Å². The Morgan fingerprint density at radius 3 is 2.79 bits per heavy atom. The van der Waals surface area contributed by atoms with Crippen molar-refractivity contribution in [1.29, 1.82) is 0 Å². The van der Waals surface area contributed by atoms with Crippen molar-refractivity contribution in [2.45, 2.75) is 33.9 Å². The molecule has 0 aliphatic carbocycles. The van der Waals surface area contributed by atoms with Crippen LogP contribution in [0.3, 0.4) is 0 Å². The van der Waals surface area contributed by atoms with Gasteiger partial charge in [0.2, 0.25) is 0 Å². The Labute approximate surface area is 112 Å². The Balaban J connectivity index is 2.16. The van der Waals surface area contributed by atoms with Crippen molar-refractivity contribution in [2.24, 2.45) is 0 Å². The van der Waals surface area contributed by atoms with Crippen LogP contribution < -0.4 is 4.74 Å². The molecule has 2 rings (SSSR count). The molecule has 0 aromatic carbocycles. The molecule has 100 valence electrons. The molecular weight excluding hydrogens is 242 g/mol. The maximum atomic E-state index is 11.0. The highest BCUT2D eigenvalue weighted by molar-refractivity contribution is 5.76. The van der Waals surface area contributed by atoms with Gasteiger partial charge in [-0.25, -0.2) is 4.98 Å². The average Bonchev–Trinajstić information content (AvgIpc) is 2.77. The van der Waals surface area contributed by atoms with Crippen LogP contribution in [-0.4, -0.2) is 21.1 Å². The molecule has 0 radical (unpaired) electrons. The summed E-state index contributed by atoms with van der Waals surface area (Å²) in [5, 5.41) is 4.35. The third-order valence-electron chi connectivity index (χ3n) is 2.80. The normalized spacial score (nSPS) is 10.5. The van der Waals surface area contributed by atoms with Gasteiger partial charge in [-0.1, -0.05) is 0 Å². The number of pyridine rings is 1. The molecule has 0 amide bonds. The van der Waals surface area contributed by atoms with Gasteiger partial charge in [-0.05, 0) is 39.0 Å². The number of rotatable bonds is 5. The van der Waals surface area contributed by atoms with Crippen molar-refractivity contribution in [3.63, 3.8) is 0 Å². The van der Waals surface area contributed by atoms with Gasteiger partial charge < -0.3 is 4.74 Å². The van der Waals surface area contributed by atoms with Crippen LogP contribution in [0.25, 0.3) is 0 Å². The predicted molar refractivity (Wildman–Crippen MR) is 71.3 cm³/mol. The SMILES string of the molecule is CCn1nc(C)cc1COc1ccc(C)nc1C=O. The lowest BCUT2D eigenvalue weighted by molar-refractivity contribution is 0.111. The average molecular weight is 259 g/mol. The Kier molecular flexibility index (Phi) is 3.94. The molecule has 5 heteroatoms. The van der Waals surface area contributed by atoms with Gasteiger partial charge in [0, 0.05) is 12.2 Å². The summed E-state index contributed by atoms with van der Waals surface area (Å²) < 4.78 is 7.56. The molecule has 0 fully saturated rings. The van der Waals surface area contributed by atoms with E-state index in [1.54, 1.807) is 6.07 Å². The van der Waals surface area contributed by atoms with Gasteiger partial charge in [-0.3, -0.25) is 9.48 Å². The summed E-state index contributed by atoms with van der Waals surface area (Å²) in [6.07, 6.45) is 0.713. The van der Waals surface area contributed by atoms with Crippen LogP contribution in [0.15, 0.2) is 18.2 Å². The van der Waals surface area contributed by atoms with Gasteiger partial charge in [0.05, 0.1) is 11.4 Å². The fourth-order valence-corrected chi connectivity index (χ4v) is 1.91. The molecule has 0 atom stereocenters. The van der Waals surface area contributed by atoms with Gasteiger partial charge >= 0.3 is 0 Å². The van der Waals surface area contributed by atoms with E-state index in [1.165, 1.54) is 0 Å². The molecule has 19 heavy (non-hydrogen) atoms. The monoisotopic (exact) mass is 259 g/mol. The number of aryl methyl sites for hydroxylation is 3. The summed E-state index contributed by atoms with van der Waals surface area (Å²) in [5.41, 5.74) is 3.07. The number of aromatic nitrogens is 3. The molecule has 2 aromatic rings. The predicted octanol–water partition coefficient (Wildman–Crippen LogP) is 2.31. The maximum absolute atomic E-state index is 11.0. The summed E-state index contributed by atoms with van der Waals surface area (Å²) >= 11 is 0. The van der Waals surface area contributed by atoms with Crippen LogP contribution in [0.2, 0.25) is 0 Å². The number of hydrogen-bond donors (Lipinski definition) is 0. The smallest absolute Gasteiger partial charge is 0.172 e. The van der Waals surface area contributed by atoms with Gasteiger partial charge in [0.25, 0.3) is 0 Å². The van der Waals surface area contributed by atoms with E-state index >= 15 is 0 Å². The summed E-state index contributed by atoms with van der Waals surface area (Å²) in [7, 11) is 0. The molecule has 0 aliphatic rings. The molecule has 0 N–H and O–H groups in total. The van der Waals surface area contributed by atoms with Crippen molar-refractivity contribution in [3.05, 3.63) is 41.0 Å². The first kappa shape index (κ1) is 13.3. The van der Waals surface area contributed by atoms with Crippen LogP contribution in [0.4, 0.5) is 0 Å². The third kappa shape index (κ3) is 2.99. The molecule has 0 saturated heterocycles. The van der Waals surface area contributed by atoms with Crippen LogP contribution in [-0.2, 0) is 13.2 Å². The minimum atomic E-state index is 0.333. The molecule has 0 aliphatic heterocycles. The zero-order valence-corrected chi connectivity index (χ0v) is 11.4. The Morgan fingerprint density at radius 2 is 2.11 bits per heavy atom. The van der Waals surface area contributed by atoms with Crippen LogP contribution in [0.1, 0.15) is 34.5 Å². The Bertz CT molecular complexity index is 590. The number of ether oxygens (including phenoxy) is 1. The highest BCUT2D eigenvalue weighted by Crippen LogP contribution is 2.17. The van der Waals surface area contributed by atoms with Crippen LogP contribution in [0, 0.1) is 13.8 Å². The summed E-state index contributed by atoms with van der Waals surface area (Å²) in [5.74, 6) is 0.502. The quantitative estimate of drug-likeness (QED) is 0.773. The van der Waals surface area contributed by atoms with Gasteiger partial charge in [-0.2, -0.15) is 5.10 Å². The molecule has 2 heterocycles. The first-order valence-corrected chi connectivity index (χ1v) is 6.23. The number of carbonyl (C=O) groups excluding carboxylic acids is 1. The first-order valence-electron chi connectivity index (χ1n) is 6.23. The lowest BCUT2D eigenvalue weighted by Gasteiger charge is -2.09. The van der Waals surface area contributed by atoms with Gasteiger partial charge in [0.1, 0.15) is 18.1 Å². The van der Waals surface area contributed by atoms with E-state index < -0.39 is 0 Å². The fourth-order valence-electron chi connectivity index (χ4n) is 1.91. The van der Waals surface area contributed by atoms with Crippen molar-refractivity contribution in [1.82, 2.24) is 14.8 Å². The van der Waals surface area contributed by atoms with Crippen LogP contribution in [0.5, 0.6) is 5.75 Å². The van der Waals surface area contributed by atoms with E-state index in [0.29, 0.717) is 24.3 Å². The largest absolute Gasteiger partial charge is 0.485 e. The number of aldehydes is 1. The molecule has 2 aromatic heterocycles. The fraction of sp³-hybridized carbons (Fsp3) is 0.357. The molecule has 0 bridgehead atoms. The lowest BCUT2D eigenvalue weighted by Crippen LogP contribution is -2.07. The van der Waals surface area contributed by atoms with Crippen molar-refractivity contribution >= 4 is 6.29 Å². The number of nitrogens with zero attached hydrogens (tertiary/aromatic N) is 3. The van der Waals surface area contributed by atoms with E-state index in [-0.39, 0.29) is 0 Å². The Morgan fingerprint density at radius 1 is 1.32 bits per heavy atom. The summed E-state index contributed by atoms with van der Waals surface area (Å²) in [6, 6.07) is 5.57. The highest BCUT2D eigenvalue weighted by atomic mass is 16.5. The minimum absolute atomic E-state index is 0.333. The zero-order chi connectivity index (χ0) is 13.8. The molecule has 0 unspecified atom stereocenters. The number of hydrogen-bond acceptors (Lipinski definition) is 4. The minimum Gasteiger partial charge on any atom is -0.485 e. The second kappa shape index (κ2) is 5.65. The van der Waals surface area contributed by atoms with E-state index in [1.807, 2.05) is 37.6 Å². The second-order valence-corrected chi connectivity index (χ2v) is 4.34. The highest BCUT2D eigenvalue weighted by Gasteiger charge is 2.08. The standard InChI is InChI=1S/C14H17N3O2/c1-4-17-12(7-11(3)16-17)9-19-14-6-5-10(2)15-13(14)8-18/h5-8H,4,9H2,1-3H3. The van der Waals surface area contributed by atoms with E-state index in [9.17, 15) is 4.79 Å². The summed E-state index contributed by atoms with van der Waals surface area (Å²) in [6.45, 7) is 6.98. The molecular formula is C14H17N3O2. The van der Waals surface area contributed by atoms with E-state index in [0.717, 1.165) is 23.6 Å². The Hall–Kier alpha value is -2.17. The van der Waals surface area contributed by atoms with Gasteiger partial charge in [0.15, 0.2) is 6.29 Å². The number of carbonyl (C=O) groups is 1. The third-order valence-corrected chi connectivity index (χ3v) is 2.80. The first-order chi connectivity index (χ1) is 9.13. The van der Waals surface area contributed by atoms with E-state index in [2.05, 4.69) is 10.1 Å². The maximum Gasteiger partial charge on any atom is 0.172 e. The lowest BCUT2D eigenvalue weighted by atomic mass is 10.3. The molecule has 0 spiro atoms. The van der Waals surface area contributed by atoms with Gasteiger partial charge in [-0.15, -0.1) is 0 Å². The topological polar surface area (TPSA) is 57.0 Å². The second-order valence-electron chi connectivity index (χ2n) is 4.34. The molecule has 0 saturated carbocycles. The summed E-state index contributed by atoms with van der Waals surface area (Å²) in [4.78, 5) is 15.1. The van der Waals surface area contributed by atoms with Crippen molar-refractivity contribution < 1.29 is 9.53 Å². The van der Waals surface area contributed by atoms with E-state index in [4.69, 9.17) is 4.74 Å². The van der Waals surface area contributed by atoms with Crippen LogP contribution >= 0.6 is 0 Å². The van der Waals surface area contributed by atoms with Crippen molar-refractivity contribution in [3.8, 4) is 5.75 Å².